The Morgan fingerprint density at radius 1 is 1.11 bits per heavy atom. The molecule has 0 heterocycles. The molecule has 102 valence electrons. The van der Waals surface area contributed by atoms with Crippen molar-refractivity contribution in [3.05, 3.63) is 29.8 Å². The van der Waals surface area contributed by atoms with Crippen LogP contribution in [0.4, 0.5) is 5.69 Å². The average molecular weight is 271 g/mol. The van der Waals surface area contributed by atoms with E-state index in [1.165, 1.54) is 0 Å². The van der Waals surface area contributed by atoms with Gasteiger partial charge >= 0.3 is 7.75 Å². The molecule has 0 saturated carbocycles. The molecule has 0 saturated heterocycles. The summed E-state index contributed by atoms with van der Waals surface area (Å²) in [6.07, 6.45) is -0.348. The van der Waals surface area contributed by atoms with Crippen molar-refractivity contribution in [2.75, 3.05) is 5.09 Å². The van der Waals surface area contributed by atoms with E-state index in [1.807, 2.05) is 58.9 Å². The minimum atomic E-state index is -3.32. The van der Waals surface area contributed by atoms with Gasteiger partial charge in [-0.15, -0.1) is 0 Å². The van der Waals surface area contributed by atoms with Crippen molar-refractivity contribution < 1.29 is 13.6 Å². The molecule has 0 atom stereocenters. The highest BCUT2D eigenvalue weighted by molar-refractivity contribution is 7.55. The van der Waals surface area contributed by atoms with E-state index in [9.17, 15) is 4.57 Å². The first kappa shape index (κ1) is 15.2. The highest BCUT2D eigenvalue weighted by atomic mass is 31.2. The maximum absolute atomic E-state index is 12.6. The highest BCUT2D eigenvalue weighted by Gasteiger charge is 2.27. The van der Waals surface area contributed by atoms with Gasteiger partial charge in [0.15, 0.2) is 0 Å². The van der Waals surface area contributed by atoms with E-state index in [4.69, 9.17) is 9.05 Å². The van der Waals surface area contributed by atoms with Gasteiger partial charge < -0.3 is 0 Å². The van der Waals surface area contributed by atoms with Crippen molar-refractivity contribution >= 4 is 13.4 Å². The molecule has 1 aromatic rings. The van der Waals surface area contributed by atoms with Gasteiger partial charge in [-0.2, -0.15) is 0 Å². The number of rotatable bonds is 6. The van der Waals surface area contributed by atoms with E-state index in [1.54, 1.807) is 0 Å². The summed E-state index contributed by atoms with van der Waals surface area (Å²) in [5.41, 5.74) is 1.82. The number of hydrogen-bond donors (Lipinski definition) is 1. The summed E-state index contributed by atoms with van der Waals surface area (Å²) in [6, 6.07) is 7.61. The smallest absolute Gasteiger partial charge is 0.293 e. The predicted molar refractivity (Wildman–Crippen MR) is 74.9 cm³/mol. The Hall–Kier alpha value is -0.830. The first-order chi connectivity index (χ1) is 8.31. The summed E-state index contributed by atoms with van der Waals surface area (Å²) < 4.78 is 23.4. The van der Waals surface area contributed by atoms with Crippen molar-refractivity contribution in [1.29, 1.82) is 0 Å². The third kappa shape index (κ3) is 5.21. The van der Waals surface area contributed by atoms with Crippen LogP contribution in [0, 0.1) is 6.92 Å². The molecule has 5 heteroatoms. The van der Waals surface area contributed by atoms with Crippen LogP contribution >= 0.6 is 7.75 Å². The number of anilines is 1. The van der Waals surface area contributed by atoms with Gasteiger partial charge in [0.2, 0.25) is 0 Å². The van der Waals surface area contributed by atoms with Crippen molar-refractivity contribution in [2.45, 2.75) is 46.8 Å². The van der Waals surface area contributed by atoms with Gasteiger partial charge in [0.25, 0.3) is 0 Å². The summed E-state index contributed by atoms with van der Waals surface area (Å²) in [7, 11) is -3.32. The lowest BCUT2D eigenvalue weighted by atomic mass is 10.2. The second kappa shape index (κ2) is 6.37. The molecule has 0 aliphatic heterocycles. The third-order valence-electron chi connectivity index (χ3n) is 1.98. The zero-order chi connectivity index (χ0) is 13.8. The summed E-state index contributed by atoms with van der Waals surface area (Å²) in [5.74, 6) is 0. The highest BCUT2D eigenvalue weighted by Crippen LogP contribution is 2.50. The molecule has 0 aliphatic carbocycles. The quantitative estimate of drug-likeness (QED) is 0.781. The topological polar surface area (TPSA) is 47.6 Å². The second-order valence-corrected chi connectivity index (χ2v) is 6.43. The molecule has 0 spiro atoms. The summed E-state index contributed by atoms with van der Waals surface area (Å²) in [6.45, 7) is 9.29. The van der Waals surface area contributed by atoms with Gasteiger partial charge in [-0.1, -0.05) is 12.1 Å². The SMILES string of the molecule is Cc1cccc(NP(=O)(OC(C)C)OC(C)C)c1. The molecule has 0 aliphatic rings. The minimum absolute atomic E-state index is 0.174. The molecular formula is C13H22NO3P. The van der Waals surface area contributed by atoms with Gasteiger partial charge in [-0.3, -0.25) is 14.1 Å². The summed E-state index contributed by atoms with van der Waals surface area (Å²) in [5, 5.41) is 2.87. The molecule has 1 aromatic carbocycles. The Bertz CT molecular complexity index is 418. The Morgan fingerprint density at radius 2 is 1.67 bits per heavy atom. The van der Waals surface area contributed by atoms with Crippen LogP contribution in [0.15, 0.2) is 24.3 Å². The first-order valence-corrected chi connectivity index (χ1v) is 7.67. The summed E-state index contributed by atoms with van der Waals surface area (Å²) >= 11 is 0. The molecule has 1 rings (SSSR count). The van der Waals surface area contributed by atoms with Crippen LogP contribution in [0.2, 0.25) is 0 Å². The van der Waals surface area contributed by atoms with Crippen LogP contribution in [0.3, 0.4) is 0 Å². The van der Waals surface area contributed by atoms with E-state index in [0.717, 1.165) is 11.3 Å². The van der Waals surface area contributed by atoms with Gasteiger partial charge in [-0.25, -0.2) is 4.57 Å². The van der Waals surface area contributed by atoms with Gasteiger partial charge in [0, 0.05) is 5.69 Å². The van der Waals surface area contributed by atoms with Crippen molar-refractivity contribution in [1.82, 2.24) is 0 Å². The van der Waals surface area contributed by atoms with Crippen molar-refractivity contribution in [2.24, 2.45) is 0 Å². The van der Waals surface area contributed by atoms with Crippen LogP contribution in [0.25, 0.3) is 0 Å². The van der Waals surface area contributed by atoms with Crippen molar-refractivity contribution in [3.8, 4) is 0 Å². The van der Waals surface area contributed by atoms with Gasteiger partial charge in [0.05, 0.1) is 12.2 Å². The Morgan fingerprint density at radius 3 is 2.11 bits per heavy atom. The van der Waals surface area contributed by atoms with Crippen molar-refractivity contribution in [3.63, 3.8) is 0 Å². The number of hydrogen-bond acceptors (Lipinski definition) is 3. The normalized spacial score (nSPS) is 12.2. The Balaban J connectivity index is 2.87. The second-order valence-electron chi connectivity index (χ2n) is 4.79. The summed E-state index contributed by atoms with van der Waals surface area (Å²) in [4.78, 5) is 0. The lowest BCUT2D eigenvalue weighted by Gasteiger charge is -2.23. The molecule has 0 radical (unpaired) electrons. The standard InChI is InChI=1S/C13H22NO3P/c1-10(2)16-18(15,17-11(3)4)14-13-8-6-7-12(5)9-13/h6-11H,1-5H3,(H,14,15). The largest absolute Gasteiger partial charge is 0.433 e. The van der Waals surface area contributed by atoms with Crippen LogP contribution in [-0.2, 0) is 13.6 Å². The molecule has 18 heavy (non-hydrogen) atoms. The maximum Gasteiger partial charge on any atom is 0.433 e. The Labute approximate surface area is 109 Å². The number of nitrogens with one attached hydrogen (secondary N) is 1. The van der Waals surface area contributed by atoms with E-state index in [2.05, 4.69) is 5.09 Å². The lowest BCUT2D eigenvalue weighted by molar-refractivity contribution is 0.146. The minimum Gasteiger partial charge on any atom is -0.293 e. The molecule has 4 nitrogen and oxygen atoms in total. The zero-order valence-electron chi connectivity index (χ0n) is 11.6. The monoisotopic (exact) mass is 271 g/mol. The molecular weight excluding hydrogens is 249 g/mol. The first-order valence-electron chi connectivity index (χ1n) is 6.12. The molecule has 0 aromatic heterocycles. The average Bonchev–Trinajstić information content (AvgIpc) is 2.13. The van der Waals surface area contributed by atoms with Gasteiger partial charge in [-0.05, 0) is 52.3 Å². The molecule has 0 unspecified atom stereocenters. The van der Waals surface area contributed by atoms with Crippen LogP contribution in [-0.4, -0.2) is 12.2 Å². The molecule has 1 N–H and O–H groups in total. The fourth-order valence-corrected chi connectivity index (χ4v) is 3.23. The molecule has 0 amide bonds. The zero-order valence-corrected chi connectivity index (χ0v) is 12.5. The predicted octanol–water partition coefficient (Wildman–Crippen LogP) is 4.37. The van der Waals surface area contributed by atoms with Crippen LogP contribution in [0.5, 0.6) is 0 Å². The fourth-order valence-electron chi connectivity index (χ4n) is 1.51. The lowest BCUT2D eigenvalue weighted by Crippen LogP contribution is -2.13. The van der Waals surface area contributed by atoms with E-state index in [0.29, 0.717) is 0 Å². The van der Waals surface area contributed by atoms with E-state index < -0.39 is 7.75 Å². The number of aryl methyl sites for hydroxylation is 1. The van der Waals surface area contributed by atoms with Crippen LogP contribution < -0.4 is 5.09 Å². The fraction of sp³-hybridized carbons (Fsp3) is 0.538. The van der Waals surface area contributed by atoms with Crippen LogP contribution in [0.1, 0.15) is 33.3 Å². The number of benzene rings is 1. The molecule has 0 bridgehead atoms. The Kier molecular flexibility index (Phi) is 5.39. The third-order valence-corrected chi connectivity index (χ3v) is 3.91. The van der Waals surface area contributed by atoms with E-state index >= 15 is 0 Å². The van der Waals surface area contributed by atoms with E-state index in [-0.39, 0.29) is 12.2 Å². The maximum atomic E-state index is 12.6. The van der Waals surface area contributed by atoms with Gasteiger partial charge in [0.1, 0.15) is 0 Å². The molecule has 0 fully saturated rings.